The van der Waals surface area contributed by atoms with Gasteiger partial charge >= 0.3 is 0 Å². The fraction of sp³-hybridized carbons (Fsp3) is 1.00. The number of nitrogens with zero attached hydrogens (tertiary/aromatic N) is 1. The molecule has 0 aromatic heterocycles. The number of hydrogen-bond acceptors (Lipinski definition) is 3. The predicted molar refractivity (Wildman–Crippen MR) is 40.4 cm³/mol. The first-order valence-corrected chi connectivity index (χ1v) is 3.79. The molecule has 0 heterocycles. The average molecular weight is 144 g/mol. The maximum atomic E-state index is 5.86. The summed E-state index contributed by atoms with van der Waals surface area (Å²) in [5.41, 5.74) is 5.93. The van der Waals surface area contributed by atoms with Crippen molar-refractivity contribution in [2.45, 2.75) is 25.3 Å². The standard InChI is InChI=1S/C7H16N2O/c1-3-10-9(2)6-7(8)4-5-7/h3-6,8H2,1-2H3. The second-order valence-corrected chi connectivity index (χ2v) is 3.07. The Morgan fingerprint density at radius 1 is 1.60 bits per heavy atom. The Labute approximate surface area is 62.1 Å². The lowest BCUT2D eigenvalue weighted by Crippen LogP contribution is -2.37. The lowest BCUT2D eigenvalue weighted by molar-refractivity contribution is -0.138. The van der Waals surface area contributed by atoms with Crippen molar-refractivity contribution >= 4 is 0 Å². The minimum atomic E-state index is 0.0733. The maximum Gasteiger partial charge on any atom is 0.0656 e. The van der Waals surface area contributed by atoms with Crippen LogP contribution in [0.1, 0.15) is 19.8 Å². The van der Waals surface area contributed by atoms with Gasteiger partial charge in [0.05, 0.1) is 6.61 Å². The van der Waals surface area contributed by atoms with Crippen LogP contribution in [0.5, 0.6) is 0 Å². The molecule has 0 radical (unpaired) electrons. The van der Waals surface area contributed by atoms with Crippen molar-refractivity contribution in [2.75, 3.05) is 20.2 Å². The molecule has 10 heavy (non-hydrogen) atoms. The Morgan fingerprint density at radius 3 is 2.60 bits per heavy atom. The summed E-state index contributed by atoms with van der Waals surface area (Å²) in [4.78, 5) is 5.21. The average Bonchev–Trinajstić information content (AvgIpc) is 2.48. The zero-order valence-electron chi connectivity index (χ0n) is 6.76. The van der Waals surface area contributed by atoms with E-state index < -0.39 is 0 Å². The van der Waals surface area contributed by atoms with E-state index in [-0.39, 0.29) is 5.54 Å². The van der Waals surface area contributed by atoms with E-state index in [0.29, 0.717) is 0 Å². The van der Waals surface area contributed by atoms with Crippen LogP contribution in [-0.2, 0) is 4.84 Å². The highest BCUT2D eigenvalue weighted by atomic mass is 16.7. The number of hydrogen-bond donors (Lipinski definition) is 1. The molecule has 1 saturated carbocycles. The van der Waals surface area contributed by atoms with Crippen molar-refractivity contribution in [3.63, 3.8) is 0 Å². The van der Waals surface area contributed by atoms with Gasteiger partial charge in [-0.25, -0.2) is 0 Å². The summed E-state index contributed by atoms with van der Waals surface area (Å²) in [5, 5.41) is 1.83. The lowest BCUT2D eigenvalue weighted by atomic mass is 10.3. The van der Waals surface area contributed by atoms with E-state index >= 15 is 0 Å². The summed E-state index contributed by atoms with van der Waals surface area (Å²) in [6.45, 7) is 3.57. The van der Waals surface area contributed by atoms with Gasteiger partial charge < -0.3 is 5.73 Å². The molecule has 0 atom stereocenters. The molecule has 0 bridgehead atoms. The number of likely N-dealkylation sites (N-methyl/N-ethyl adjacent to an activating group) is 1. The predicted octanol–water partition coefficient (Wildman–Crippen LogP) is 0.361. The van der Waals surface area contributed by atoms with Crippen LogP contribution in [0.2, 0.25) is 0 Å². The topological polar surface area (TPSA) is 38.5 Å². The molecule has 0 aromatic rings. The van der Waals surface area contributed by atoms with Crippen LogP contribution in [-0.4, -0.2) is 30.8 Å². The Morgan fingerprint density at radius 2 is 2.20 bits per heavy atom. The van der Waals surface area contributed by atoms with Crippen molar-refractivity contribution in [3.05, 3.63) is 0 Å². The lowest BCUT2D eigenvalue weighted by Gasteiger charge is -2.18. The van der Waals surface area contributed by atoms with Gasteiger partial charge in [0, 0.05) is 19.1 Å². The van der Waals surface area contributed by atoms with E-state index in [2.05, 4.69) is 0 Å². The van der Waals surface area contributed by atoms with Crippen molar-refractivity contribution in [2.24, 2.45) is 5.73 Å². The molecule has 1 aliphatic rings. The fourth-order valence-electron chi connectivity index (χ4n) is 1.03. The SMILES string of the molecule is CCON(C)CC1(N)CC1. The van der Waals surface area contributed by atoms with Crippen LogP contribution in [0.25, 0.3) is 0 Å². The highest BCUT2D eigenvalue weighted by Crippen LogP contribution is 2.32. The van der Waals surface area contributed by atoms with E-state index in [1.807, 2.05) is 19.0 Å². The van der Waals surface area contributed by atoms with Gasteiger partial charge in [0.1, 0.15) is 0 Å². The smallest absolute Gasteiger partial charge is 0.0656 e. The van der Waals surface area contributed by atoms with Crippen LogP contribution in [0.4, 0.5) is 0 Å². The molecule has 3 heteroatoms. The van der Waals surface area contributed by atoms with Gasteiger partial charge in [0.25, 0.3) is 0 Å². The summed E-state index contributed by atoms with van der Waals surface area (Å²) in [5.74, 6) is 0. The quantitative estimate of drug-likeness (QED) is 0.579. The van der Waals surface area contributed by atoms with E-state index in [4.69, 9.17) is 10.6 Å². The third kappa shape index (κ3) is 2.25. The Bertz CT molecular complexity index is 112. The van der Waals surface area contributed by atoms with Crippen LogP contribution in [0.3, 0.4) is 0 Å². The van der Waals surface area contributed by atoms with E-state index in [0.717, 1.165) is 26.0 Å². The maximum absolute atomic E-state index is 5.86. The number of rotatable bonds is 4. The molecule has 1 aliphatic carbocycles. The van der Waals surface area contributed by atoms with E-state index in [1.54, 1.807) is 0 Å². The molecular formula is C7H16N2O. The second-order valence-electron chi connectivity index (χ2n) is 3.07. The molecule has 1 rings (SSSR count). The summed E-state index contributed by atoms with van der Waals surface area (Å²) >= 11 is 0. The van der Waals surface area contributed by atoms with Crippen molar-refractivity contribution in [1.29, 1.82) is 0 Å². The minimum absolute atomic E-state index is 0.0733. The number of hydroxylamine groups is 2. The molecule has 60 valence electrons. The van der Waals surface area contributed by atoms with E-state index in [9.17, 15) is 0 Å². The van der Waals surface area contributed by atoms with Crippen LogP contribution in [0.15, 0.2) is 0 Å². The van der Waals surface area contributed by atoms with Crippen LogP contribution < -0.4 is 5.73 Å². The monoisotopic (exact) mass is 144 g/mol. The minimum Gasteiger partial charge on any atom is -0.324 e. The molecule has 0 spiro atoms. The second kappa shape index (κ2) is 2.86. The molecule has 1 fully saturated rings. The number of nitrogens with two attached hydrogens (primary N) is 1. The molecule has 0 unspecified atom stereocenters. The zero-order valence-corrected chi connectivity index (χ0v) is 6.76. The van der Waals surface area contributed by atoms with Gasteiger partial charge in [0.2, 0.25) is 0 Å². The molecule has 0 amide bonds. The molecular weight excluding hydrogens is 128 g/mol. The van der Waals surface area contributed by atoms with Gasteiger partial charge in [-0.1, -0.05) is 0 Å². The summed E-state index contributed by atoms with van der Waals surface area (Å²) in [6, 6.07) is 0. The molecule has 2 N–H and O–H groups in total. The zero-order chi connectivity index (χ0) is 7.61. The Hall–Kier alpha value is -0.120. The summed E-state index contributed by atoms with van der Waals surface area (Å²) < 4.78 is 0. The molecule has 0 saturated heterocycles. The molecule has 0 aliphatic heterocycles. The first-order valence-electron chi connectivity index (χ1n) is 3.79. The van der Waals surface area contributed by atoms with Crippen molar-refractivity contribution < 1.29 is 4.84 Å². The Balaban J connectivity index is 2.11. The summed E-state index contributed by atoms with van der Waals surface area (Å²) in [7, 11) is 1.93. The highest BCUT2D eigenvalue weighted by molar-refractivity contribution is 4.99. The van der Waals surface area contributed by atoms with Gasteiger partial charge in [-0.3, -0.25) is 4.84 Å². The summed E-state index contributed by atoms with van der Waals surface area (Å²) in [6.07, 6.45) is 2.29. The third-order valence-corrected chi connectivity index (χ3v) is 1.78. The first-order chi connectivity index (χ1) is 4.66. The van der Waals surface area contributed by atoms with E-state index in [1.165, 1.54) is 0 Å². The van der Waals surface area contributed by atoms with Gasteiger partial charge in [-0.15, -0.1) is 0 Å². The van der Waals surface area contributed by atoms with Crippen molar-refractivity contribution in [1.82, 2.24) is 5.06 Å². The molecule has 3 nitrogen and oxygen atoms in total. The van der Waals surface area contributed by atoms with Crippen LogP contribution >= 0.6 is 0 Å². The van der Waals surface area contributed by atoms with Crippen LogP contribution in [0, 0.1) is 0 Å². The third-order valence-electron chi connectivity index (χ3n) is 1.78. The van der Waals surface area contributed by atoms with Crippen molar-refractivity contribution in [3.8, 4) is 0 Å². The highest BCUT2D eigenvalue weighted by Gasteiger charge is 2.39. The first kappa shape index (κ1) is 7.98. The largest absolute Gasteiger partial charge is 0.324 e. The van der Waals surface area contributed by atoms with Gasteiger partial charge in [-0.05, 0) is 19.8 Å². The van der Waals surface area contributed by atoms with Gasteiger partial charge in [-0.2, -0.15) is 5.06 Å². The fourth-order valence-corrected chi connectivity index (χ4v) is 1.03. The Kier molecular flexibility index (Phi) is 2.28. The molecule has 0 aromatic carbocycles. The normalized spacial score (nSPS) is 21.6. The van der Waals surface area contributed by atoms with Gasteiger partial charge in [0.15, 0.2) is 0 Å².